The molecular formula is C20H25N3O4S. The first-order chi connectivity index (χ1) is 13.1. The Hall–Kier alpha value is -2.63. The lowest BCUT2D eigenvalue weighted by atomic mass is 9.98. The number of hydrogen-bond acceptors (Lipinski definition) is 4. The highest BCUT2D eigenvalue weighted by molar-refractivity contribution is 7.90. The number of nitrogens with zero attached hydrogens (tertiary/aromatic N) is 2. The van der Waals surface area contributed by atoms with E-state index in [4.69, 9.17) is 0 Å². The van der Waals surface area contributed by atoms with Crippen LogP contribution in [0.5, 0.6) is 0 Å². The minimum Gasteiger partial charge on any atom is -0.477 e. The second-order valence-electron chi connectivity index (χ2n) is 6.81. The van der Waals surface area contributed by atoms with E-state index in [-0.39, 0.29) is 12.2 Å². The highest BCUT2D eigenvalue weighted by Crippen LogP contribution is 2.32. The number of nitriles is 1. The molecule has 0 bridgehead atoms. The molecule has 0 amide bonds. The van der Waals surface area contributed by atoms with Crippen LogP contribution in [-0.4, -0.2) is 35.9 Å². The number of carboxylic acid groups (broad SMARTS) is 1. The third kappa shape index (κ3) is 4.26. The van der Waals surface area contributed by atoms with Gasteiger partial charge in [0, 0.05) is 24.8 Å². The summed E-state index contributed by atoms with van der Waals surface area (Å²) in [6, 6.07) is 9.34. The number of benzene rings is 1. The van der Waals surface area contributed by atoms with Gasteiger partial charge in [0.25, 0.3) is 0 Å². The van der Waals surface area contributed by atoms with Crippen LogP contribution in [0.1, 0.15) is 48.1 Å². The first-order valence-corrected chi connectivity index (χ1v) is 10.6. The molecule has 2 N–H and O–H groups in total. The van der Waals surface area contributed by atoms with E-state index in [1.165, 1.54) is 0 Å². The maximum atomic E-state index is 11.8. The zero-order valence-corrected chi connectivity index (χ0v) is 17.3. The molecule has 8 heteroatoms. The van der Waals surface area contributed by atoms with Gasteiger partial charge in [0.05, 0.1) is 10.8 Å². The van der Waals surface area contributed by atoms with Crippen LogP contribution in [0, 0.1) is 11.3 Å². The van der Waals surface area contributed by atoms with Crippen molar-refractivity contribution in [1.82, 2.24) is 9.29 Å². The summed E-state index contributed by atoms with van der Waals surface area (Å²) in [4.78, 5) is 11.8. The normalized spacial score (nSPS) is 11.6. The Balaban J connectivity index is 2.32. The molecule has 0 atom stereocenters. The molecule has 150 valence electrons. The summed E-state index contributed by atoms with van der Waals surface area (Å²) in [5.74, 6) is -1.08. The molecule has 0 spiro atoms. The van der Waals surface area contributed by atoms with Gasteiger partial charge < -0.3 is 9.67 Å². The van der Waals surface area contributed by atoms with Gasteiger partial charge in [-0.3, -0.25) is 0 Å². The average Bonchev–Trinajstić information content (AvgIpc) is 2.93. The van der Waals surface area contributed by atoms with E-state index in [9.17, 15) is 23.6 Å². The first kappa shape index (κ1) is 21.7. The summed E-state index contributed by atoms with van der Waals surface area (Å²) >= 11 is 0. The van der Waals surface area contributed by atoms with Crippen molar-refractivity contribution in [3.63, 3.8) is 0 Å². The Morgan fingerprint density at radius 3 is 2.36 bits per heavy atom. The molecule has 0 radical (unpaired) electrons. The molecule has 28 heavy (non-hydrogen) atoms. The molecule has 0 fully saturated rings. The van der Waals surface area contributed by atoms with E-state index >= 15 is 0 Å². The third-order valence-corrected chi connectivity index (χ3v) is 6.59. The Morgan fingerprint density at radius 2 is 1.89 bits per heavy atom. The monoisotopic (exact) mass is 403 g/mol. The number of aromatic nitrogens is 1. The van der Waals surface area contributed by atoms with Crippen molar-refractivity contribution in [3.05, 3.63) is 46.8 Å². The largest absolute Gasteiger partial charge is 0.477 e. The Morgan fingerprint density at radius 1 is 1.29 bits per heavy atom. The second kappa shape index (κ2) is 8.59. The van der Waals surface area contributed by atoms with E-state index in [0.717, 1.165) is 5.56 Å². The van der Waals surface area contributed by atoms with Gasteiger partial charge in [-0.25, -0.2) is 17.9 Å². The van der Waals surface area contributed by atoms with Gasteiger partial charge in [-0.15, -0.1) is 0 Å². The number of carboxylic acids is 1. The van der Waals surface area contributed by atoms with Crippen molar-refractivity contribution in [1.29, 1.82) is 5.26 Å². The number of hydrogen-bond donors (Lipinski definition) is 2. The van der Waals surface area contributed by atoms with E-state index in [1.54, 1.807) is 37.6 Å². The summed E-state index contributed by atoms with van der Waals surface area (Å²) < 4.78 is 27.7. The lowest BCUT2D eigenvalue weighted by Gasteiger charge is -2.10. The Kier molecular flexibility index (Phi) is 6.65. The lowest BCUT2D eigenvalue weighted by Crippen LogP contribution is -2.32. The minimum absolute atomic E-state index is 0.0887. The predicted octanol–water partition coefficient (Wildman–Crippen LogP) is 2.69. The molecule has 0 saturated carbocycles. The molecule has 2 aromatic rings. The Labute approximate surface area is 165 Å². The number of rotatable bonds is 8. The topological polar surface area (TPSA) is 112 Å². The quantitative estimate of drug-likeness (QED) is 0.704. The molecular weight excluding hydrogens is 378 g/mol. The van der Waals surface area contributed by atoms with E-state index in [0.29, 0.717) is 35.2 Å². The zero-order chi connectivity index (χ0) is 21.1. The zero-order valence-electron chi connectivity index (χ0n) is 16.5. The van der Waals surface area contributed by atoms with Crippen molar-refractivity contribution in [3.8, 4) is 17.2 Å². The Bertz CT molecular complexity index is 1010. The second-order valence-corrected chi connectivity index (χ2v) is 9.13. The van der Waals surface area contributed by atoms with Gasteiger partial charge in [0.15, 0.2) is 0 Å². The van der Waals surface area contributed by atoms with Gasteiger partial charge in [-0.2, -0.15) is 5.26 Å². The van der Waals surface area contributed by atoms with Crippen LogP contribution in [-0.2, 0) is 29.9 Å². The number of carbonyl (C=O) groups is 1. The predicted molar refractivity (Wildman–Crippen MR) is 108 cm³/mol. The van der Waals surface area contributed by atoms with Gasteiger partial charge >= 0.3 is 5.97 Å². The molecule has 0 aliphatic rings. The molecule has 0 aliphatic heterocycles. The maximum absolute atomic E-state index is 11.8. The fourth-order valence-electron chi connectivity index (χ4n) is 3.14. The summed E-state index contributed by atoms with van der Waals surface area (Å²) in [7, 11) is -1.65. The molecule has 1 aromatic heterocycles. The highest BCUT2D eigenvalue weighted by Gasteiger charge is 2.25. The van der Waals surface area contributed by atoms with Crippen LogP contribution >= 0.6 is 0 Å². The van der Waals surface area contributed by atoms with Crippen LogP contribution in [0.2, 0.25) is 0 Å². The van der Waals surface area contributed by atoms with Crippen LogP contribution in [0.4, 0.5) is 0 Å². The molecule has 2 rings (SSSR count). The standard InChI is InChI=1S/C20H25N3O4S/c1-5-17-16(12-21)18(19(20(24)25)23(17)4)15-8-6-14(7-9-15)10-11-22-28(26,27)13(2)3/h6-9,13,22H,5,10-11H2,1-4H3,(H,24,25). The van der Waals surface area contributed by atoms with Crippen LogP contribution < -0.4 is 4.72 Å². The van der Waals surface area contributed by atoms with Crippen molar-refractivity contribution < 1.29 is 18.3 Å². The summed E-state index contributed by atoms with van der Waals surface area (Å²) in [6.45, 7) is 5.41. The smallest absolute Gasteiger partial charge is 0.353 e. The van der Waals surface area contributed by atoms with E-state index in [1.807, 2.05) is 19.1 Å². The maximum Gasteiger partial charge on any atom is 0.353 e. The summed E-state index contributed by atoms with van der Waals surface area (Å²) in [5, 5.41) is 18.7. The van der Waals surface area contributed by atoms with Crippen molar-refractivity contribution in [2.24, 2.45) is 7.05 Å². The van der Waals surface area contributed by atoms with Crippen molar-refractivity contribution >= 4 is 16.0 Å². The molecule has 1 heterocycles. The molecule has 7 nitrogen and oxygen atoms in total. The van der Waals surface area contributed by atoms with E-state index in [2.05, 4.69) is 10.8 Å². The molecule has 0 unspecified atom stereocenters. The highest BCUT2D eigenvalue weighted by atomic mass is 32.2. The lowest BCUT2D eigenvalue weighted by molar-refractivity contribution is 0.0687. The minimum atomic E-state index is -3.30. The number of sulfonamides is 1. The van der Waals surface area contributed by atoms with Gasteiger partial charge in [-0.1, -0.05) is 31.2 Å². The number of aromatic carboxylic acids is 1. The SMILES string of the molecule is CCc1c(C#N)c(-c2ccc(CCNS(=O)(=O)C(C)C)cc2)c(C(=O)O)n1C. The fraction of sp³-hybridized carbons (Fsp3) is 0.400. The van der Waals surface area contributed by atoms with Crippen molar-refractivity contribution in [2.45, 2.75) is 38.9 Å². The van der Waals surface area contributed by atoms with Crippen LogP contribution in [0.15, 0.2) is 24.3 Å². The van der Waals surface area contributed by atoms with Gasteiger partial charge in [-0.05, 0) is 37.8 Å². The van der Waals surface area contributed by atoms with Gasteiger partial charge in [0.2, 0.25) is 10.0 Å². The summed E-state index contributed by atoms with van der Waals surface area (Å²) in [6.07, 6.45) is 1.06. The van der Waals surface area contributed by atoms with Crippen LogP contribution in [0.25, 0.3) is 11.1 Å². The first-order valence-electron chi connectivity index (χ1n) is 9.06. The van der Waals surface area contributed by atoms with E-state index < -0.39 is 21.2 Å². The molecule has 0 aliphatic carbocycles. The van der Waals surface area contributed by atoms with Crippen molar-refractivity contribution in [2.75, 3.05) is 6.54 Å². The van der Waals surface area contributed by atoms with Gasteiger partial charge in [0.1, 0.15) is 11.8 Å². The van der Waals surface area contributed by atoms with Crippen LogP contribution in [0.3, 0.4) is 0 Å². The molecule has 0 saturated heterocycles. The average molecular weight is 404 g/mol. The summed E-state index contributed by atoms with van der Waals surface area (Å²) in [5.41, 5.74) is 3.13. The fourth-order valence-corrected chi connectivity index (χ4v) is 3.86. The third-order valence-electron chi connectivity index (χ3n) is 4.75. The number of nitrogens with one attached hydrogen (secondary N) is 1. The molecule has 1 aromatic carbocycles.